The molecule has 0 spiro atoms. The van der Waals surface area contributed by atoms with Gasteiger partial charge in [-0.2, -0.15) is 5.10 Å². The zero-order chi connectivity index (χ0) is 22.9. The van der Waals surface area contributed by atoms with Crippen molar-refractivity contribution in [2.45, 2.75) is 39.3 Å². The molecule has 2 aromatic carbocycles. The van der Waals surface area contributed by atoms with Crippen molar-refractivity contribution in [1.82, 2.24) is 30.4 Å². The number of piperazine rings is 1. The number of aromatic nitrogens is 4. The molecular weight excluding hydrogens is 417 g/mol. The first-order valence-corrected chi connectivity index (χ1v) is 12.0. The smallest absolute Gasteiger partial charge is 0.159 e. The van der Waals surface area contributed by atoms with E-state index in [1.54, 1.807) is 6.07 Å². The van der Waals surface area contributed by atoms with E-state index in [4.69, 9.17) is 4.98 Å². The van der Waals surface area contributed by atoms with Gasteiger partial charge in [-0.15, -0.1) is 0 Å². The molecule has 3 N–H and O–H groups in total. The number of fused-ring (bicyclic) bond motifs is 2. The molecule has 0 bridgehead atoms. The second-order valence-electron chi connectivity index (χ2n) is 8.75. The summed E-state index contributed by atoms with van der Waals surface area (Å²) in [4.78, 5) is 13.2. The van der Waals surface area contributed by atoms with Crippen LogP contribution in [0.5, 0.6) is 0 Å². The van der Waals surface area contributed by atoms with Crippen LogP contribution in [0.4, 0.5) is 10.1 Å². The van der Waals surface area contributed by atoms with Crippen molar-refractivity contribution < 1.29 is 4.39 Å². The zero-order valence-electron chi connectivity index (χ0n) is 19.5. The van der Waals surface area contributed by atoms with Crippen LogP contribution in [0.25, 0.3) is 33.5 Å². The van der Waals surface area contributed by atoms with Crippen LogP contribution in [0.3, 0.4) is 0 Å². The number of likely N-dealkylation sites (N-methyl/N-ethyl adjacent to an activating group) is 1. The first kappa shape index (κ1) is 21.9. The van der Waals surface area contributed by atoms with Crippen molar-refractivity contribution in [2.75, 3.05) is 37.6 Å². The van der Waals surface area contributed by atoms with Crippen molar-refractivity contribution in [3.05, 3.63) is 42.2 Å². The topological polar surface area (TPSA) is 75.9 Å². The SMILES string of the molecule is CCC(C1CN(c2ccc3nc(-c4n[nH]c5cc(F)ccc45)[nH]c3c2)CCN1)N(CC)CC. The lowest BCUT2D eigenvalue weighted by atomic mass is 10.0. The van der Waals surface area contributed by atoms with E-state index >= 15 is 0 Å². The number of rotatable bonds is 7. The molecule has 4 aromatic rings. The molecule has 1 aliphatic heterocycles. The molecule has 8 heteroatoms. The number of H-pyrrole nitrogens is 2. The normalized spacial score (nSPS) is 18.0. The Bertz CT molecular complexity index is 1240. The van der Waals surface area contributed by atoms with E-state index in [1.165, 1.54) is 17.8 Å². The highest BCUT2D eigenvalue weighted by Gasteiger charge is 2.29. The first-order valence-electron chi connectivity index (χ1n) is 12.0. The summed E-state index contributed by atoms with van der Waals surface area (Å²) in [6, 6.07) is 12.0. The summed E-state index contributed by atoms with van der Waals surface area (Å²) in [6.07, 6.45) is 1.14. The predicted octanol–water partition coefficient (Wildman–Crippen LogP) is 4.14. The first-order chi connectivity index (χ1) is 16.1. The fourth-order valence-electron chi connectivity index (χ4n) is 5.24. The Kier molecular flexibility index (Phi) is 6.03. The quantitative estimate of drug-likeness (QED) is 0.395. The second-order valence-corrected chi connectivity index (χ2v) is 8.75. The molecular formula is C25H32FN7. The maximum atomic E-state index is 13.5. The third-order valence-electron chi connectivity index (χ3n) is 6.95. The number of benzene rings is 2. The van der Waals surface area contributed by atoms with E-state index in [1.807, 2.05) is 0 Å². The van der Waals surface area contributed by atoms with Gasteiger partial charge in [0.2, 0.25) is 0 Å². The molecule has 3 heterocycles. The number of hydrogen-bond acceptors (Lipinski definition) is 5. The van der Waals surface area contributed by atoms with Gasteiger partial charge in [-0.3, -0.25) is 10.00 Å². The molecule has 7 nitrogen and oxygen atoms in total. The van der Waals surface area contributed by atoms with Crippen molar-refractivity contribution in [2.24, 2.45) is 0 Å². The molecule has 0 amide bonds. The minimum absolute atomic E-state index is 0.285. The summed E-state index contributed by atoms with van der Waals surface area (Å²) in [7, 11) is 0. The van der Waals surface area contributed by atoms with Crippen LogP contribution in [-0.2, 0) is 0 Å². The van der Waals surface area contributed by atoms with Crippen molar-refractivity contribution >= 4 is 27.6 Å². The van der Waals surface area contributed by atoms with Crippen LogP contribution in [0.1, 0.15) is 27.2 Å². The van der Waals surface area contributed by atoms with Crippen LogP contribution < -0.4 is 10.2 Å². The average Bonchev–Trinajstić information content (AvgIpc) is 3.45. The van der Waals surface area contributed by atoms with Gasteiger partial charge in [0, 0.05) is 42.8 Å². The molecule has 33 heavy (non-hydrogen) atoms. The lowest BCUT2D eigenvalue weighted by molar-refractivity contribution is 0.162. The highest BCUT2D eigenvalue weighted by molar-refractivity contribution is 5.93. The van der Waals surface area contributed by atoms with E-state index in [-0.39, 0.29) is 5.82 Å². The fraction of sp³-hybridized carbons (Fsp3) is 0.440. The van der Waals surface area contributed by atoms with Gasteiger partial charge in [0.25, 0.3) is 0 Å². The molecule has 0 aliphatic carbocycles. The standard InChI is InChI=1S/C25H32FN7/c1-4-23(32(5-2)6-3)22-15-33(12-11-27-22)17-8-10-19-21(14-17)29-25(28-19)24-18-9-7-16(26)13-20(18)30-31-24/h7-10,13-14,22-23,27H,4-6,11-12,15H2,1-3H3,(H,28,29)(H,30,31). The summed E-state index contributed by atoms with van der Waals surface area (Å²) in [6.45, 7) is 11.9. The molecule has 1 saturated heterocycles. The van der Waals surface area contributed by atoms with Crippen molar-refractivity contribution in [1.29, 1.82) is 0 Å². The highest BCUT2D eigenvalue weighted by Crippen LogP contribution is 2.29. The van der Waals surface area contributed by atoms with Crippen LogP contribution in [0, 0.1) is 5.82 Å². The highest BCUT2D eigenvalue weighted by atomic mass is 19.1. The Hall–Kier alpha value is -2.97. The molecule has 174 valence electrons. The Morgan fingerprint density at radius 1 is 1.12 bits per heavy atom. The van der Waals surface area contributed by atoms with E-state index in [0.29, 0.717) is 29.1 Å². The van der Waals surface area contributed by atoms with Crippen molar-refractivity contribution in [3.8, 4) is 11.5 Å². The fourth-order valence-corrected chi connectivity index (χ4v) is 5.24. The maximum absolute atomic E-state index is 13.5. The number of hydrogen-bond donors (Lipinski definition) is 3. The lowest BCUT2D eigenvalue weighted by Gasteiger charge is -2.42. The number of aromatic amines is 2. The molecule has 2 atom stereocenters. The zero-order valence-corrected chi connectivity index (χ0v) is 19.5. The molecule has 5 rings (SSSR count). The molecule has 1 aliphatic rings. The summed E-state index contributed by atoms with van der Waals surface area (Å²) in [5, 5.41) is 11.9. The Morgan fingerprint density at radius 3 is 2.76 bits per heavy atom. The maximum Gasteiger partial charge on any atom is 0.159 e. The van der Waals surface area contributed by atoms with Gasteiger partial charge in [0.15, 0.2) is 5.82 Å². The predicted molar refractivity (Wildman–Crippen MR) is 132 cm³/mol. The van der Waals surface area contributed by atoms with Crippen LogP contribution >= 0.6 is 0 Å². The van der Waals surface area contributed by atoms with E-state index in [2.05, 4.69) is 69.3 Å². The summed E-state index contributed by atoms with van der Waals surface area (Å²) < 4.78 is 13.5. The Balaban J connectivity index is 1.41. The summed E-state index contributed by atoms with van der Waals surface area (Å²) in [5.74, 6) is 0.401. The molecule has 2 aromatic heterocycles. The Labute approximate surface area is 193 Å². The Morgan fingerprint density at radius 2 is 1.97 bits per heavy atom. The van der Waals surface area contributed by atoms with Gasteiger partial charge >= 0.3 is 0 Å². The lowest BCUT2D eigenvalue weighted by Crippen LogP contribution is -2.59. The third-order valence-corrected chi connectivity index (χ3v) is 6.95. The number of anilines is 1. The minimum atomic E-state index is -0.285. The average molecular weight is 450 g/mol. The van der Waals surface area contributed by atoms with E-state index in [0.717, 1.165) is 55.6 Å². The molecule has 1 fully saturated rings. The van der Waals surface area contributed by atoms with Gasteiger partial charge in [-0.25, -0.2) is 9.37 Å². The summed E-state index contributed by atoms with van der Waals surface area (Å²) in [5.41, 5.74) is 4.44. The monoisotopic (exact) mass is 449 g/mol. The number of imidazole rings is 1. The van der Waals surface area contributed by atoms with Gasteiger partial charge in [-0.05, 0) is 55.9 Å². The van der Waals surface area contributed by atoms with Crippen LogP contribution in [0.15, 0.2) is 36.4 Å². The van der Waals surface area contributed by atoms with Crippen LogP contribution in [-0.4, -0.2) is 69.9 Å². The molecule has 0 radical (unpaired) electrons. The number of halogens is 1. The van der Waals surface area contributed by atoms with E-state index < -0.39 is 0 Å². The van der Waals surface area contributed by atoms with Gasteiger partial charge < -0.3 is 15.2 Å². The third kappa shape index (κ3) is 4.09. The van der Waals surface area contributed by atoms with Crippen molar-refractivity contribution in [3.63, 3.8) is 0 Å². The molecule has 0 saturated carbocycles. The number of nitrogens with zero attached hydrogens (tertiary/aromatic N) is 4. The molecule has 2 unspecified atom stereocenters. The minimum Gasteiger partial charge on any atom is -0.369 e. The van der Waals surface area contributed by atoms with Gasteiger partial charge in [0.1, 0.15) is 11.5 Å². The van der Waals surface area contributed by atoms with Gasteiger partial charge in [-0.1, -0.05) is 20.8 Å². The van der Waals surface area contributed by atoms with Gasteiger partial charge in [0.05, 0.1) is 16.6 Å². The largest absolute Gasteiger partial charge is 0.369 e. The van der Waals surface area contributed by atoms with Crippen LogP contribution in [0.2, 0.25) is 0 Å². The van der Waals surface area contributed by atoms with E-state index in [9.17, 15) is 4.39 Å². The second kappa shape index (κ2) is 9.11. The number of nitrogens with one attached hydrogen (secondary N) is 3. The summed E-state index contributed by atoms with van der Waals surface area (Å²) >= 11 is 0.